The Morgan fingerprint density at radius 2 is 1.05 bits per heavy atom. The van der Waals surface area contributed by atoms with Crippen LogP contribution in [0.2, 0.25) is 0 Å². The van der Waals surface area contributed by atoms with Gasteiger partial charge in [-0.25, -0.2) is 0 Å². The van der Waals surface area contributed by atoms with Gasteiger partial charge in [0.2, 0.25) is 0 Å². The van der Waals surface area contributed by atoms with Crippen LogP contribution in [0.3, 0.4) is 0 Å². The number of rotatable bonds is 17. The number of unbranched alkanes of at least 4 members (excludes halogenated alkanes) is 2. The highest BCUT2D eigenvalue weighted by atomic mass is 35.5. The largest absolute Gasteiger partial charge is 0.480 e. The lowest BCUT2D eigenvalue weighted by Gasteiger charge is -2.36. The first-order valence-electron chi connectivity index (χ1n) is 24.1. The number of aryl methyl sites for hydroxylation is 2. The molecule has 2 fully saturated rings. The van der Waals surface area contributed by atoms with Crippen LogP contribution in [0, 0.1) is 25.7 Å². The van der Waals surface area contributed by atoms with E-state index in [1.165, 1.54) is 19.3 Å². The third kappa shape index (κ3) is 13.3. The number of pyridine rings is 2. The number of hydrogen-bond donors (Lipinski definition) is 3. The monoisotopic (exact) mass is 917 g/mol. The Hall–Kier alpha value is -4.52. The molecular formula is C52H77ClN6O6. The Kier molecular flexibility index (Phi) is 20.3. The molecule has 4 aromatic rings. The molecule has 13 heteroatoms. The van der Waals surface area contributed by atoms with Crippen molar-refractivity contribution in [2.45, 2.75) is 151 Å². The van der Waals surface area contributed by atoms with Gasteiger partial charge in [0, 0.05) is 42.0 Å². The maximum atomic E-state index is 13.1. The molecule has 2 aliphatic heterocycles. The van der Waals surface area contributed by atoms with Crippen molar-refractivity contribution in [3.8, 4) is 0 Å². The highest BCUT2D eigenvalue weighted by Gasteiger charge is 2.30. The fourth-order valence-electron chi connectivity index (χ4n) is 9.64. The highest BCUT2D eigenvalue weighted by Crippen LogP contribution is 2.25. The predicted octanol–water partition coefficient (Wildman–Crippen LogP) is 9.31. The summed E-state index contributed by atoms with van der Waals surface area (Å²) < 4.78 is 3.44. The van der Waals surface area contributed by atoms with Crippen LogP contribution < -0.4 is 21.8 Å². The minimum absolute atomic E-state index is 0. The first-order valence-corrected chi connectivity index (χ1v) is 24.1. The van der Waals surface area contributed by atoms with Crippen molar-refractivity contribution < 1.29 is 19.5 Å². The topological polar surface area (TPSA) is 146 Å². The fraction of sp³-hybridized carbons (Fsp3) is 0.596. The van der Waals surface area contributed by atoms with Gasteiger partial charge in [0.1, 0.15) is 17.2 Å². The molecule has 3 N–H and O–H groups in total. The lowest BCUT2D eigenvalue weighted by molar-refractivity contribution is -0.144. The van der Waals surface area contributed by atoms with Crippen LogP contribution in [-0.4, -0.2) is 93.2 Å². The zero-order valence-electron chi connectivity index (χ0n) is 40.6. The molecule has 12 nitrogen and oxygen atoms in total. The quantitative estimate of drug-likeness (QED) is 0.0951. The Morgan fingerprint density at radius 1 is 0.646 bits per heavy atom. The van der Waals surface area contributed by atoms with Crippen molar-refractivity contribution in [3.05, 3.63) is 91.5 Å². The zero-order valence-corrected chi connectivity index (χ0v) is 41.4. The molecule has 6 rings (SSSR count). The second kappa shape index (κ2) is 24.8. The number of aliphatic carboxylic acids is 1. The summed E-state index contributed by atoms with van der Waals surface area (Å²) >= 11 is 0. The first-order chi connectivity index (χ1) is 30.6. The van der Waals surface area contributed by atoms with Gasteiger partial charge in [-0.15, -0.1) is 12.4 Å². The van der Waals surface area contributed by atoms with Gasteiger partial charge in [-0.3, -0.25) is 28.9 Å². The maximum Gasteiger partial charge on any atom is 0.320 e. The number of hydrogen-bond acceptors (Lipinski definition) is 7. The summed E-state index contributed by atoms with van der Waals surface area (Å²) in [7, 11) is 0. The van der Waals surface area contributed by atoms with Crippen LogP contribution in [0.4, 0.5) is 0 Å². The number of aromatic nitrogens is 2. The standard InChI is InChI=1S/C26H37N3O4.C26H39N3O2.ClH/c1-5-6-9-23(26(32)33)28-13-11-19(12-14-28)16-27-24(30)21-15-20-18(4)8-7-10-22(20)29(17(2)3)25(21)31;1-6-7-10-20(5)28-14-12-21(13-15-28)17-27-25(30)23-16-22-19(4)9-8-11-24(22)29(18(2)3)26(23)31;/h7-8,10,15,17,19,23H,5-6,9,11-14,16H2,1-4H3,(H,27,30)(H,32,33);8-9,11,16,18,20-21H,6-7,10,12-15,17H2,1-5H3,(H,27,30);1H. The molecule has 0 radical (unpaired) electrons. The van der Waals surface area contributed by atoms with Crippen molar-refractivity contribution in [1.82, 2.24) is 29.6 Å². The van der Waals surface area contributed by atoms with Gasteiger partial charge in [-0.2, -0.15) is 0 Å². The fourth-order valence-corrected chi connectivity index (χ4v) is 9.64. The summed E-state index contributed by atoms with van der Waals surface area (Å²) in [4.78, 5) is 68.6. The average Bonchev–Trinajstić information content (AvgIpc) is 3.27. The number of carboxylic acid groups (broad SMARTS) is 1. The summed E-state index contributed by atoms with van der Waals surface area (Å²) in [6.45, 7) is 23.3. The van der Waals surface area contributed by atoms with Gasteiger partial charge in [-0.05, 0) is 160 Å². The number of carboxylic acids is 1. The minimum atomic E-state index is -0.747. The molecule has 2 atom stereocenters. The normalized spacial score (nSPS) is 16.2. The number of fused-ring (bicyclic) bond motifs is 2. The van der Waals surface area contributed by atoms with Crippen LogP contribution in [0.5, 0.6) is 0 Å². The third-order valence-electron chi connectivity index (χ3n) is 13.7. The van der Waals surface area contributed by atoms with Crippen molar-refractivity contribution >= 4 is 52.0 Å². The smallest absolute Gasteiger partial charge is 0.320 e. The number of halogens is 1. The van der Waals surface area contributed by atoms with E-state index in [4.69, 9.17) is 0 Å². The van der Waals surface area contributed by atoms with Gasteiger partial charge in [0.15, 0.2) is 0 Å². The van der Waals surface area contributed by atoms with E-state index in [1.807, 2.05) is 77.9 Å². The SMILES string of the molecule is CCCCC(C(=O)O)N1CCC(CNC(=O)c2cc3c(C)cccc3n(C(C)C)c2=O)CC1.CCCCC(C)N1CCC(CNC(=O)c2cc3c(C)cccc3n(C(C)C)c2=O)CC1.Cl. The van der Waals surface area contributed by atoms with Gasteiger partial charge in [0.05, 0.1) is 11.0 Å². The molecule has 2 saturated heterocycles. The molecule has 0 saturated carbocycles. The Morgan fingerprint density at radius 3 is 1.43 bits per heavy atom. The van der Waals surface area contributed by atoms with E-state index in [1.54, 1.807) is 21.3 Å². The third-order valence-corrected chi connectivity index (χ3v) is 13.7. The molecule has 2 aromatic heterocycles. The van der Waals surface area contributed by atoms with Crippen LogP contribution in [0.25, 0.3) is 21.8 Å². The number of piperidine rings is 2. The number of carbonyl (C=O) groups is 3. The summed E-state index contributed by atoms with van der Waals surface area (Å²) in [5, 5.41) is 17.5. The molecule has 2 unspecified atom stereocenters. The van der Waals surface area contributed by atoms with Crippen molar-refractivity contribution in [2.24, 2.45) is 11.8 Å². The summed E-state index contributed by atoms with van der Waals surface area (Å²) in [5.41, 5.74) is 3.79. The molecule has 0 bridgehead atoms. The number of amides is 2. The molecular weight excluding hydrogens is 840 g/mol. The summed E-state index contributed by atoms with van der Waals surface area (Å²) in [5.74, 6) is -0.576. The van der Waals surface area contributed by atoms with Crippen molar-refractivity contribution in [3.63, 3.8) is 0 Å². The molecule has 2 amide bonds. The van der Waals surface area contributed by atoms with Crippen molar-refractivity contribution in [2.75, 3.05) is 39.3 Å². The Labute approximate surface area is 392 Å². The molecule has 4 heterocycles. The number of benzene rings is 2. The van der Waals surface area contributed by atoms with Gasteiger partial charge >= 0.3 is 5.97 Å². The molecule has 65 heavy (non-hydrogen) atoms. The van der Waals surface area contributed by atoms with Gasteiger partial charge < -0.3 is 29.8 Å². The van der Waals surface area contributed by atoms with E-state index in [-0.39, 0.29) is 64.5 Å². The minimum Gasteiger partial charge on any atom is -0.480 e. The van der Waals surface area contributed by atoms with Crippen molar-refractivity contribution in [1.29, 1.82) is 0 Å². The molecule has 0 spiro atoms. The van der Waals surface area contributed by atoms with E-state index < -0.39 is 12.0 Å². The molecule has 358 valence electrons. The Bertz CT molecular complexity index is 2340. The summed E-state index contributed by atoms with van der Waals surface area (Å²) in [6, 6.07) is 15.4. The van der Waals surface area contributed by atoms with E-state index in [2.05, 4.69) is 41.2 Å². The lowest BCUT2D eigenvalue weighted by atomic mass is 9.94. The second-order valence-corrected chi connectivity index (χ2v) is 19.0. The molecule has 2 aliphatic rings. The van der Waals surface area contributed by atoms with E-state index >= 15 is 0 Å². The number of carbonyl (C=O) groups excluding carboxylic acids is 2. The first kappa shape index (κ1) is 53.1. The average molecular weight is 918 g/mol. The van der Waals surface area contributed by atoms with E-state index in [9.17, 15) is 29.1 Å². The summed E-state index contributed by atoms with van der Waals surface area (Å²) in [6.07, 6.45) is 10.2. The maximum absolute atomic E-state index is 13.1. The highest BCUT2D eigenvalue weighted by molar-refractivity contribution is 5.99. The van der Waals surface area contributed by atoms with Crippen LogP contribution in [0.15, 0.2) is 58.1 Å². The Balaban J connectivity index is 0.000000281. The van der Waals surface area contributed by atoms with Gasteiger partial charge in [0.25, 0.3) is 22.9 Å². The molecule has 2 aromatic carbocycles. The van der Waals surface area contributed by atoms with E-state index in [0.717, 1.165) is 97.6 Å². The van der Waals surface area contributed by atoms with Crippen LogP contribution in [-0.2, 0) is 4.79 Å². The van der Waals surface area contributed by atoms with Crippen LogP contribution in [0.1, 0.15) is 157 Å². The number of nitrogens with zero attached hydrogens (tertiary/aromatic N) is 4. The number of likely N-dealkylation sites (tertiary alicyclic amines) is 2. The number of nitrogens with one attached hydrogen (secondary N) is 2. The molecule has 0 aliphatic carbocycles. The predicted molar refractivity (Wildman–Crippen MR) is 267 cm³/mol. The van der Waals surface area contributed by atoms with Crippen LogP contribution >= 0.6 is 12.4 Å². The lowest BCUT2D eigenvalue weighted by Crippen LogP contribution is -2.47. The van der Waals surface area contributed by atoms with E-state index in [0.29, 0.717) is 31.5 Å². The van der Waals surface area contributed by atoms with Gasteiger partial charge in [-0.1, -0.05) is 63.8 Å². The second-order valence-electron chi connectivity index (χ2n) is 19.0. The zero-order chi connectivity index (χ0) is 46.7.